The molecular formula is C19H17FN2O3. The van der Waals surface area contributed by atoms with Gasteiger partial charge in [0, 0.05) is 17.8 Å². The first-order valence-electron chi connectivity index (χ1n) is 7.90. The highest BCUT2D eigenvalue weighted by molar-refractivity contribution is 5.99. The maximum Gasteiger partial charge on any atom is 0.409 e. The Bertz CT molecular complexity index is 810. The van der Waals surface area contributed by atoms with E-state index < -0.39 is 6.09 Å². The lowest BCUT2D eigenvalue weighted by Crippen LogP contribution is -2.23. The first-order chi connectivity index (χ1) is 12.0. The van der Waals surface area contributed by atoms with Crippen LogP contribution in [-0.4, -0.2) is 23.1 Å². The second-order valence-corrected chi connectivity index (χ2v) is 5.86. The van der Waals surface area contributed by atoms with E-state index in [4.69, 9.17) is 5.11 Å². The predicted molar refractivity (Wildman–Crippen MR) is 92.7 cm³/mol. The molecule has 0 unspecified atom stereocenters. The lowest BCUT2D eigenvalue weighted by molar-refractivity contribution is -0.116. The van der Waals surface area contributed by atoms with Crippen LogP contribution in [0.25, 0.3) is 5.57 Å². The van der Waals surface area contributed by atoms with Crippen LogP contribution in [0.3, 0.4) is 0 Å². The molecule has 1 saturated carbocycles. The summed E-state index contributed by atoms with van der Waals surface area (Å²) in [5.74, 6) is -0.555. The fraction of sp³-hybridized carbons (Fsp3) is 0.158. The lowest BCUT2D eigenvalue weighted by Gasteiger charge is -2.10. The molecule has 2 aromatic carbocycles. The maximum absolute atomic E-state index is 13.2. The topological polar surface area (TPSA) is 78.4 Å². The van der Waals surface area contributed by atoms with Crippen molar-refractivity contribution < 1.29 is 19.1 Å². The van der Waals surface area contributed by atoms with Gasteiger partial charge in [-0.25, -0.2) is 9.18 Å². The smallest absolute Gasteiger partial charge is 0.409 e. The third kappa shape index (κ3) is 4.67. The number of carbonyl (C=O) groups excluding carboxylic acids is 1. The Balaban J connectivity index is 1.92. The number of amides is 2. The molecule has 0 saturated heterocycles. The molecule has 1 aliphatic carbocycles. The summed E-state index contributed by atoms with van der Waals surface area (Å²) in [5, 5.41) is 13.9. The van der Waals surface area contributed by atoms with Gasteiger partial charge in [-0.1, -0.05) is 24.3 Å². The van der Waals surface area contributed by atoms with Gasteiger partial charge in [0.25, 0.3) is 0 Å². The Kier molecular flexibility index (Phi) is 4.79. The second-order valence-electron chi connectivity index (χ2n) is 5.86. The minimum Gasteiger partial charge on any atom is -0.465 e. The summed E-state index contributed by atoms with van der Waals surface area (Å²) in [5.41, 5.74) is 2.50. The molecule has 128 valence electrons. The minimum atomic E-state index is -1.15. The molecular weight excluding hydrogens is 323 g/mol. The predicted octanol–water partition coefficient (Wildman–Crippen LogP) is 3.63. The molecule has 0 radical (unpaired) electrons. The van der Waals surface area contributed by atoms with Gasteiger partial charge in [0.2, 0.25) is 5.91 Å². The molecule has 2 aromatic rings. The first-order valence-corrected chi connectivity index (χ1v) is 7.90. The molecule has 0 aromatic heterocycles. The van der Waals surface area contributed by atoms with E-state index in [-0.39, 0.29) is 17.8 Å². The molecule has 0 bridgehead atoms. The van der Waals surface area contributed by atoms with Crippen LogP contribution in [-0.2, 0) is 4.79 Å². The van der Waals surface area contributed by atoms with Crippen LogP contribution >= 0.6 is 0 Å². The van der Waals surface area contributed by atoms with Gasteiger partial charge in [-0.2, -0.15) is 0 Å². The van der Waals surface area contributed by atoms with Crippen LogP contribution < -0.4 is 10.6 Å². The number of carbonyl (C=O) groups is 2. The van der Waals surface area contributed by atoms with Gasteiger partial charge in [0.1, 0.15) is 5.82 Å². The van der Waals surface area contributed by atoms with Crippen LogP contribution in [0.1, 0.15) is 24.0 Å². The van der Waals surface area contributed by atoms with Gasteiger partial charge in [-0.15, -0.1) is 0 Å². The highest BCUT2D eigenvalue weighted by Gasteiger charge is 2.22. The van der Waals surface area contributed by atoms with E-state index in [9.17, 15) is 14.0 Å². The van der Waals surface area contributed by atoms with E-state index in [1.165, 1.54) is 18.2 Å². The number of hydrogen-bond donors (Lipinski definition) is 3. The van der Waals surface area contributed by atoms with Crippen LogP contribution in [0.2, 0.25) is 0 Å². The van der Waals surface area contributed by atoms with Crippen molar-refractivity contribution in [3.63, 3.8) is 0 Å². The van der Waals surface area contributed by atoms with Crippen LogP contribution in [0.4, 0.5) is 14.9 Å². The van der Waals surface area contributed by atoms with Crippen LogP contribution in [0, 0.1) is 5.82 Å². The summed E-state index contributed by atoms with van der Waals surface area (Å²) in [4.78, 5) is 22.9. The first kappa shape index (κ1) is 16.7. The number of anilines is 1. The van der Waals surface area contributed by atoms with Crippen molar-refractivity contribution in [1.29, 1.82) is 0 Å². The van der Waals surface area contributed by atoms with E-state index in [2.05, 4.69) is 10.6 Å². The number of nitrogens with one attached hydrogen (secondary N) is 2. The third-order valence-corrected chi connectivity index (χ3v) is 3.80. The molecule has 0 spiro atoms. The number of benzene rings is 2. The zero-order valence-corrected chi connectivity index (χ0v) is 13.3. The number of hydrogen-bond acceptors (Lipinski definition) is 2. The molecule has 1 fully saturated rings. The summed E-state index contributed by atoms with van der Waals surface area (Å²) in [7, 11) is 0. The Hall–Kier alpha value is -3.15. The summed E-state index contributed by atoms with van der Waals surface area (Å²) >= 11 is 0. The molecule has 2 amide bonds. The van der Waals surface area contributed by atoms with Gasteiger partial charge < -0.3 is 10.4 Å². The van der Waals surface area contributed by atoms with E-state index in [1.807, 2.05) is 0 Å². The van der Waals surface area contributed by atoms with Crippen molar-refractivity contribution in [1.82, 2.24) is 5.32 Å². The van der Waals surface area contributed by atoms with Crippen molar-refractivity contribution in [2.75, 3.05) is 5.32 Å². The molecule has 6 heteroatoms. The van der Waals surface area contributed by atoms with E-state index in [0.717, 1.165) is 18.4 Å². The van der Waals surface area contributed by atoms with Gasteiger partial charge in [0.15, 0.2) is 0 Å². The average molecular weight is 340 g/mol. The monoisotopic (exact) mass is 340 g/mol. The van der Waals surface area contributed by atoms with Gasteiger partial charge in [-0.05, 0) is 53.8 Å². The fourth-order valence-electron chi connectivity index (χ4n) is 2.42. The largest absolute Gasteiger partial charge is 0.465 e. The van der Waals surface area contributed by atoms with Crippen molar-refractivity contribution in [2.24, 2.45) is 0 Å². The maximum atomic E-state index is 13.2. The molecule has 1 aliphatic rings. The van der Waals surface area contributed by atoms with E-state index in [1.54, 1.807) is 36.4 Å². The fourth-order valence-corrected chi connectivity index (χ4v) is 2.42. The molecule has 3 rings (SSSR count). The van der Waals surface area contributed by atoms with Gasteiger partial charge in [0.05, 0.1) is 0 Å². The number of rotatable bonds is 5. The molecule has 25 heavy (non-hydrogen) atoms. The van der Waals surface area contributed by atoms with E-state index in [0.29, 0.717) is 16.8 Å². The lowest BCUT2D eigenvalue weighted by atomic mass is 9.97. The molecule has 3 N–H and O–H groups in total. The van der Waals surface area contributed by atoms with Crippen molar-refractivity contribution >= 4 is 23.3 Å². The average Bonchev–Trinajstić information content (AvgIpc) is 3.38. The van der Waals surface area contributed by atoms with Crippen LogP contribution in [0.15, 0.2) is 54.6 Å². The zero-order valence-electron chi connectivity index (χ0n) is 13.3. The SMILES string of the molecule is O=C(O)Nc1ccc(/C(=C\C(=O)NC2CC2)c2ccc(F)cc2)cc1. The number of halogens is 1. The van der Waals surface area contributed by atoms with Crippen molar-refractivity contribution in [3.05, 3.63) is 71.6 Å². The molecule has 0 aliphatic heterocycles. The summed E-state index contributed by atoms with van der Waals surface area (Å²) in [6.45, 7) is 0. The minimum absolute atomic E-state index is 0.199. The van der Waals surface area contributed by atoms with Crippen molar-refractivity contribution in [2.45, 2.75) is 18.9 Å². The summed E-state index contributed by atoms with van der Waals surface area (Å²) < 4.78 is 13.2. The standard InChI is InChI=1S/C19H17FN2O3/c20-14-5-1-12(2-6-14)17(11-18(23)21-15-9-10-15)13-3-7-16(8-4-13)22-19(24)25/h1-8,11,15,22H,9-10H2,(H,21,23)(H,24,25)/b17-11-. The van der Waals surface area contributed by atoms with E-state index >= 15 is 0 Å². The highest BCUT2D eigenvalue weighted by Crippen LogP contribution is 2.26. The quantitative estimate of drug-likeness (QED) is 0.727. The second kappa shape index (κ2) is 7.17. The zero-order chi connectivity index (χ0) is 17.8. The number of carboxylic acid groups (broad SMARTS) is 1. The molecule has 0 atom stereocenters. The highest BCUT2D eigenvalue weighted by atomic mass is 19.1. The Morgan fingerprint density at radius 3 is 2.08 bits per heavy atom. The molecule has 0 heterocycles. The third-order valence-electron chi connectivity index (χ3n) is 3.80. The molecule has 5 nitrogen and oxygen atoms in total. The Labute approximate surface area is 144 Å². The summed E-state index contributed by atoms with van der Waals surface area (Å²) in [6, 6.07) is 12.8. The summed E-state index contributed by atoms with van der Waals surface area (Å²) in [6.07, 6.45) is 2.32. The van der Waals surface area contributed by atoms with Crippen molar-refractivity contribution in [3.8, 4) is 0 Å². The van der Waals surface area contributed by atoms with Crippen LogP contribution in [0.5, 0.6) is 0 Å². The van der Waals surface area contributed by atoms with Gasteiger partial charge >= 0.3 is 6.09 Å². The Morgan fingerprint density at radius 1 is 1.00 bits per heavy atom. The Morgan fingerprint density at radius 2 is 1.56 bits per heavy atom. The normalized spacial score (nSPS) is 14.0. The van der Waals surface area contributed by atoms with Gasteiger partial charge in [-0.3, -0.25) is 10.1 Å².